The summed E-state index contributed by atoms with van der Waals surface area (Å²) >= 11 is 3.86. The molecule has 1 aliphatic heterocycles. The summed E-state index contributed by atoms with van der Waals surface area (Å²) in [4.78, 5) is 12.0. The molecule has 26 heavy (non-hydrogen) atoms. The van der Waals surface area contributed by atoms with Crippen LogP contribution in [-0.2, 0) is 0 Å². The first-order chi connectivity index (χ1) is 12.7. The first-order valence-electron chi connectivity index (χ1n) is 8.25. The smallest absolute Gasteiger partial charge is 0.319 e. The highest BCUT2D eigenvalue weighted by molar-refractivity contribution is 8.06. The Balaban J connectivity index is 1.47. The molecule has 2 N–H and O–H groups in total. The number of ether oxygens (including phenoxy) is 1. The maximum atomic E-state index is 12.0. The number of urea groups is 1. The van der Waals surface area contributed by atoms with E-state index in [4.69, 9.17) is 10.00 Å². The lowest BCUT2D eigenvalue weighted by Gasteiger charge is -2.21. The Morgan fingerprint density at radius 1 is 1.12 bits per heavy atom. The van der Waals surface area contributed by atoms with Crippen molar-refractivity contribution in [1.29, 1.82) is 5.26 Å². The summed E-state index contributed by atoms with van der Waals surface area (Å²) in [6.07, 6.45) is 0. The molecule has 3 rings (SSSR count). The van der Waals surface area contributed by atoms with Crippen LogP contribution in [0.1, 0.15) is 5.56 Å². The molecular formula is C19H19N3O2S2. The Bertz CT molecular complexity index is 767. The molecule has 5 nitrogen and oxygen atoms in total. The number of nitrogens with zero attached hydrogens (tertiary/aromatic N) is 1. The summed E-state index contributed by atoms with van der Waals surface area (Å²) in [7, 11) is 0. The fourth-order valence-corrected chi connectivity index (χ4v) is 4.99. The van der Waals surface area contributed by atoms with E-state index in [1.54, 1.807) is 48.5 Å². The molecule has 0 radical (unpaired) electrons. The summed E-state index contributed by atoms with van der Waals surface area (Å²) < 4.78 is 5.72. The third-order valence-electron chi connectivity index (χ3n) is 3.71. The molecule has 0 aliphatic carbocycles. The largest absolute Gasteiger partial charge is 0.457 e. The minimum Gasteiger partial charge on any atom is -0.457 e. The molecule has 1 atom stereocenters. The van der Waals surface area contributed by atoms with Gasteiger partial charge in [-0.2, -0.15) is 28.8 Å². The van der Waals surface area contributed by atoms with Crippen LogP contribution in [0.2, 0.25) is 0 Å². The molecule has 2 amide bonds. The van der Waals surface area contributed by atoms with Gasteiger partial charge in [0.1, 0.15) is 11.5 Å². The second-order valence-electron chi connectivity index (χ2n) is 5.67. The van der Waals surface area contributed by atoms with Crippen LogP contribution >= 0.6 is 23.5 Å². The zero-order valence-corrected chi connectivity index (χ0v) is 15.7. The number of nitrogens with one attached hydrogen (secondary N) is 2. The number of benzene rings is 2. The Morgan fingerprint density at radius 3 is 2.42 bits per heavy atom. The monoisotopic (exact) mass is 385 g/mol. The van der Waals surface area contributed by atoms with Gasteiger partial charge in [0.2, 0.25) is 0 Å². The van der Waals surface area contributed by atoms with Gasteiger partial charge in [-0.15, -0.1) is 0 Å². The number of nitriles is 1. The van der Waals surface area contributed by atoms with Gasteiger partial charge in [0, 0.05) is 34.7 Å². The van der Waals surface area contributed by atoms with Crippen molar-refractivity contribution in [3.63, 3.8) is 0 Å². The maximum absolute atomic E-state index is 12.0. The number of carbonyl (C=O) groups is 1. The standard InChI is InChI=1S/C19H19N3O2S2/c20-11-14-1-5-16(6-2-14)24-17-7-3-15(4-8-17)22-19(23)21-12-18-13-25-9-10-26-18/h1-8,18H,9-10,12-13H2,(H2,21,22,23)/t18-/m0/s1. The van der Waals surface area contributed by atoms with E-state index in [0.29, 0.717) is 34.5 Å². The van der Waals surface area contributed by atoms with Gasteiger partial charge in [-0.25, -0.2) is 4.79 Å². The molecule has 2 aromatic rings. The van der Waals surface area contributed by atoms with E-state index >= 15 is 0 Å². The van der Waals surface area contributed by atoms with E-state index < -0.39 is 0 Å². The van der Waals surface area contributed by atoms with Crippen molar-refractivity contribution in [2.45, 2.75) is 5.25 Å². The Labute approximate surface area is 161 Å². The molecule has 0 saturated carbocycles. The lowest BCUT2D eigenvalue weighted by Crippen LogP contribution is -2.36. The molecule has 1 heterocycles. The predicted octanol–water partition coefficient (Wildman–Crippen LogP) is 4.32. The molecule has 1 saturated heterocycles. The first kappa shape index (κ1) is 18.5. The summed E-state index contributed by atoms with van der Waals surface area (Å²) in [5, 5.41) is 15.0. The van der Waals surface area contributed by atoms with E-state index in [1.807, 2.05) is 23.5 Å². The molecule has 1 fully saturated rings. The fourth-order valence-electron chi connectivity index (χ4n) is 2.38. The summed E-state index contributed by atoms with van der Waals surface area (Å²) in [6, 6.07) is 16.0. The van der Waals surface area contributed by atoms with E-state index in [0.717, 1.165) is 11.5 Å². The fraction of sp³-hybridized carbons (Fsp3) is 0.263. The SMILES string of the molecule is N#Cc1ccc(Oc2ccc(NC(=O)NC[C@H]3CSCCS3)cc2)cc1. The third-order valence-corrected chi connectivity index (χ3v) is 6.55. The highest BCUT2D eigenvalue weighted by Gasteiger charge is 2.15. The average Bonchev–Trinajstić information content (AvgIpc) is 2.69. The molecule has 7 heteroatoms. The number of amides is 2. The topological polar surface area (TPSA) is 74.1 Å². The third kappa shape index (κ3) is 5.61. The maximum Gasteiger partial charge on any atom is 0.319 e. The number of hydrogen-bond acceptors (Lipinski definition) is 5. The molecule has 0 spiro atoms. The second kappa shape index (κ2) is 9.41. The predicted molar refractivity (Wildman–Crippen MR) is 108 cm³/mol. The van der Waals surface area contributed by atoms with Crippen molar-refractivity contribution in [2.75, 3.05) is 29.1 Å². The molecule has 1 aliphatic rings. The Morgan fingerprint density at radius 2 is 1.81 bits per heavy atom. The minimum atomic E-state index is -0.193. The van der Waals surface area contributed by atoms with Gasteiger partial charge >= 0.3 is 6.03 Å². The van der Waals surface area contributed by atoms with Gasteiger partial charge in [0.15, 0.2) is 0 Å². The van der Waals surface area contributed by atoms with Gasteiger partial charge in [-0.05, 0) is 48.5 Å². The Hall–Kier alpha value is -2.30. The van der Waals surface area contributed by atoms with Crippen LogP contribution in [0.25, 0.3) is 0 Å². The van der Waals surface area contributed by atoms with Crippen molar-refractivity contribution >= 4 is 35.2 Å². The molecular weight excluding hydrogens is 366 g/mol. The zero-order valence-electron chi connectivity index (χ0n) is 14.1. The molecule has 134 valence electrons. The summed E-state index contributed by atoms with van der Waals surface area (Å²) in [5.74, 6) is 4.76. The molecule has 0 unspecified atom stereocenters. The van der Waals surface area contributed by atoms with Crippen molar-refractivity contribution in [1.82, 2.24) is 5.32 Å². The number of hydrogen-bond donors (Lipinski definition) is 2. The van der Waals surface area contributed by atoms with Gasteiger partial charge in [-0.1, -0.05) is 0 Å². The van der Waals surface area contributed by atoms with Crippen LogP contribution in [0, 0.1) is 11.3 Å². The van der Waals surface area contributed by atoms with Crippen molar-refractivity contribution in [3.8, 4) is 17.6 Å². The first-order valence-corrected chi connectivity index (χ1v) is 10.5. The van der Waals surface area contributed by atoms with Crippen molar-refractivity contribution in [3.05, 3.63) is 54.1 Å². The van der Waals surface area contributed by atoms with Crippen LogP contribution in [0.5, 0.6) is 11.5 Å². The minimum absolute atomic E-state index is 0.193. The van der Waals surface area contributed by atoms with Gasteiger partial charge in [0.25, 0.3) is 0 Å². The lowest BCUT2D eigenvalue weighted by molar-refractivity contribution is 0.252. The normalized spacial score (nSPS) is 16.3. The summed E-state index contributed by atoms with van der Waals surface area (Å²) in [5.41, 5.74) is 1.30. The van der Waals surface area contributed by atoms with E-state index in [2.05, 4.69) is 16.7 Å². The highest BCUT2D eigenvalue weighted by atomic mass is 32.2. The highest BCUT2D eigenvalue weighted by Crippen LogP contribution is 2.24. The lowest BCUT2D eigenvalue weighted by atomic mass is 10.2. The molecule has 0 aromatic heterocycles. The van der Waals surface area contributed by atoms with Crippen LogP contribution in [0.15, 0.2) is 48.5 Å². The Kier molecular flexibility index (Phi) is 6.69. The number of carbonyl (C=O) groups excluding carboxylic acids is 1. The average molecular weight is 386 g/mol. The summed E-state index contributed by atoms with van der Waals surface area (Å²) in [6.45, 7) is 0.684. The van der Waals surface area contributed by atoms with Gasteiger partial charge in [-0.3, -0.25) is 0 Å². The van der Waals surface area contributed by atoms with Crippen LogP contribution in [0.3, 0.4) is 0 Å². The van der Waals surface area contributed by atoms with Gasteiger partial charge < -0.3 is 15.4 Å². The van der Waals surface area contributed by atoms with Crippen LogP contribution in [0.4, 0.5) is 10.5 Å². The van der Waals surface area contributed by atoms with Crippen LogP contribution < -0.4 is 15.4 Å². The number of thioether (sulfide) groups is 2. The molecule has 0 bridgehead atoms. The van der Waals surface area contributed by atoms with Crippen molar-refractivity contribution in [2.24, 2.45) is 0 Å². The van der Waals surface area contributed by atoms with Gasteiger partial charge in [0.05, 0.1) is 11.6 Å². The van der Waals surface area contributed by atoms with E-state index in [1.165, 1.54) is 5.75 Å². The van der Waals surface area contributed by atoms with Crippen molar-refractivity contribution < 1.29 is 9.53 Å². The molecule has 2 aromatic carbocycles. The number of anilines is 1. The number of rotatable bonds is 5. The quantitative estimate of drug-likeness (QED) is 0.802. The zero-order chi connectivity index (χ0) is 18.2. The van der Waals surface area contributed by atoms with E-state index in [9.17, 15) is 4.79 Å². The second-order valence-corrected chi connectivity index (χ2v) is 8.22. The van der Waals surface area contributed by atoms with Crippen LogP contribution in [-0.4, -0.2) is 35.1 Å². The van der Waals surface area contributed by atoms with E-state index in [-0.39, 0.29) is 6.03 Å².